The smallest absolute Gasteiger partial charge is 0.324 e. The average Bonchev–Trinajstić information content (AvgIpc) is 2.83. The minimum atomic E-state index is -1.75. The van der Waals surface area contributed by atoms with E-state index in [9.17, 15) is 29.7 Å². The summed E-state index contributed by atoms with van der Waals surface area (Å²) in [6, 6.07) is -1.30. The van der Waals surface area contributed by atoms with Crippen LogP contribution in [0.5, 0.6) is 0 Å². The number of carboxylic acid groups (broad SMARTS) is 3. The molecule has 1 unspecified atom stereocenters. The van der Waals surface area contributed by atoms with Crippen LogP contribution in [-0.2, 0) is 14.4 Å². The van der Waals surface area contributed by atoms with Crippen molar-refractivity contribution in [1.82, 2.24) is 19.6 Å². The third kappa shape index (κ3) is 6.61. The molecule has 3 heterocycles. The fourth-order valence-corrected chi connectivity index (χ4v) is 10.5. The van der Waals surface area contributed by atoms with Crippen LogP contribution in [0, 0.1) is 17.8 Å². The van der Waals surface area contributed by atoms with Crippen LogP contribution in [0.3, 0.4) is 0 Å². The Labute approximate surface area is 278 Å². The molecule has 1 atom stereocenters. The summed E-state index contributed by atoms with van der Waals surface area (Å²) in [5.74, 6) is -4.92. The second-order valence-electron chi connectivity index (χ2n) is 18.9. The molecule has 3 N–H and O–H groups in total. The molecule has 3 aliphatic rings. The van der Waals surface area contributed by atoms with E-state index < -0.39 is 75.9 Å². The van der Waals surface area contributed by atoms with E-state index in [1.165, 1.54) is 4.90 Å². The summed E-state index contributed by atoms with van der Waals surface area (Å²) < 4.78 is 0. The number of carboxylic acids is 3. The number of hydrogen-bond acceptors (Lipinski definition) is 7. The average molecular weight is 651 g/mol. The highest BCUT2D eigenvalue weighted by atomic mass is 16.4. The second kappa shape index (κ2) is 12.0. The first-order valence-electron chi connectivity index (χ1n) is 17.1. The molecule has 0 amide bonds. The molecule has 3 aliphatic heterocycles. The molecule has 46 heavy (non-hydrogen) atoms. The molecule has 10 heteroatoms. The standard InChI is InChI=1S/C36H66N4O6/c1-30(2)16-23(17-31(3,4)37(30)13)27(28(43)44)40(22-26(41)42)36(29(45)46,24-18-32(5,6)38(14)33(7,8)19-24)25-20-34(9,10)39(15)35(11,12)21-25/h23-25,27H,16-22H2,1-15H3,(H,41,42)(H,43,44)(H,45,46). The van der Waals surface area contributed by atoms with Crippen LogP contribution in [0.2, 0.25) is 0 Å². The molecule has 0 radical (unpaired) electrons. The van der Waals surface area contributed by atoms with Crippen LogP contribution in [0.1, 0.15) is 122 Å². The summed E-state index contributed by atoms with van der Waals surface area (Å²) in [6.45, 7) is 24.7. The normalized spacial score (nSPS) is 28.2. The van der Waals surface area contributed by atoms with Gasteiger partial charge in [0, 0.05) is 33.2 Å². The highest BCUT2D eigenvalue weighted by Gasteiger charge is 2.66. The SMILES string of the molecule is CN1C(C)(C)CC(C(C(=O)O)N(CC(=O)O)C(C(=O)O)(C2CC(C)(C)N(C)C(C)(C)C2)C2CC(C)(C)N(C)C(C)(C)C2)CC1(C)C. The zero-order valence-electron chi connectivity index (χ0n) is 31.6. The fraction of sp³-hybridized carbons (Fsp3) is 0.917. The number of carbonyl (C=O) groups is 3. The summed E-state index contributed by atoms with van der Waals surface area (Å²) in [6.07, 6.45) is 3.01. The van der Waals surface area contributed by atoms with E-state index in [0.29, 0.717) is 38.5 Å². The molecular formula is C36H66N4O6. The summed E-state index contributed by atoms with van der Waals surface area (Å²) in [4.78, 5) is 49.5. The lowest BCUT2D eigenvalue weighted by Crippen LogP contribution is -2.76. The van der Waals surface area contributed by atoms with Crippen molar-refractivity contribution in [2.75, 3.05) is 27.7 Å². The maximum Gasteiger partial charge on any atom is 0.324 e. The van der Waals surface area contributed by atoms with Gasteiger partial charge >= 0.3 is 17.9 Å². The van der Waals surface area contributed by atoms with Crippen molar-refractivity contribution in [2.24, 2.45) is 17.8 Å². The first-order chi connectivity index (χ1) is 20.5. The van der Waals surface area contributed by atoms with E-state index in [1.807, 2.05) is 7.05 Å². The minimum Gasteiger partial charge on any atom is -0.480 e. The predicted octanol–water partition coefficient (Wildman–Crippen LogP) is 5.35. The Morgan fingerprint density at radius 1 is 0.609 bits per heavy atom. The number of likely N-dealkylation sites (tertiary alicyclic amines) is 3. The van der Waals surface area contributed by atoms with Gasteiger partial charge in [0.25, 0.3) is 0 Å². The molecule has 0 aromatic heterocycles. The van der Waals surface area contributed by atoms with Gasteiger partial charge in [0.15, 0.2) is 0 Å². The zero-order valence-corrected chi connectivity index (χ0v) is 31.6. The molecule has 3 saturated heterocycles. The molecule has 0 bridgehead atoms. The Morgan fingerprint density at radius 3 is 1.13 bits per heavy atom. The van der Waals surface area contributed by atoms with E-state index in [0.717, 1.165) is 0 Å². The summed E-state index contributed by atoms with van der Waals surface area (Å²) in [7, 11) is 6.18. The van der Waals surface area contributed by atoms with Crippen molar-refractivity contribution in [1.29, 1.82) is 0 Å². The number of aliphatic carboxylic acids is 3. The van der Waals surface area contributed by atoms with E-state index in [2.05, 4.69) is 112 Å². The van der Waals surface area contributed by atoms with Gasteiger partial charge in [-0.05, 0) is 161 Å². The van der Waals surface area contributed by atoms with Gasteiger partial charge in [-0.2, -0.15) is 0 Å². The molecule has 3 rings (SSSR count). The fourth-order valence-electron chi connectivity index (χ4n) is 10.5. The molecular weight excluding hydrogens is 584 g/mol. The van der Waals surface area contributed by atoms with Crippen LogP contribution >= 0.6 is 0 Å². The van der Waals surface area contributed by atoms with Crippen LogP contribution in [0.15, 0.2) is 0 Å². The van der Waals surface area contributed by atoms with Crippen molar-refractivity contribution in [3.05, 3.63) is 0 Å². The summed E-state index contributed by atoms with van der Waals surface area (Å²) >= 11 is 0. The largest absolute Gasteiger partial charge is 0.480 e. The Hall–Kier alpha value is -1.75. The quantitative estimate of drug-likeness (QED) is 0.301. The van der Waals surface area contributed by atoms with Crippen LogP contribution in [0.4, 0.5) is 0 Å². The Bertz CT molecular complexity index is 1090. The maximum absolute atomic E-state index is 14.5. The molecule has 0 saturated carbocycles. The first-order valence-corrected chi connectivity index (χ1v) is 17.1. The molecule has 0 aliphatic carbocycles. The van der Waals surface area contributed by atoms with Gasteiger partial charge in [-0.3, -0.25) is 34.0 Å². The molecule has 3 fully saturated rings. The minimum absolute atomic E-state index is 0.379. The lowest BCUT2D eigenvalue weighted by Gasteiger charge is -2.64. The molecule has 0 aromatic rings. The Balaban J connectivity index is 2.44. The van der Waals surface area contributed by atoms with E-state index in [-0.39, 0.29) is 11.1 Å². The van der Waals surface area contributed by atoms with Gasteiger partial charge in [-0.15, -0.1) is 0 Å². The highest BCUT2D eigenvalue weighted by Crippen LogP contribution is 2.56. The summed E-state index contributed by atoms with van der Waals surface area (Å²) in [5, 5.41) is 33.6. The van der Waals surface area contributed by atoms with Gasteiger partial charge in [0.1, 0.15) is 11.6 Å². The van der Waals surface area contributed by atoms with Crippen LogP contribution in [-0.4, -0.2) is 125 Å². The predicted molar refractivity (Wildman–Crippen MR) is 182 cm³/mol. The second-order valence-corrected chi connectivity index (χ2v) is 18.9. The van der Waals surface area contributed by atoms with Gasteiger partial charge in [0.2, 0.25) is 0 Å². The number of hydrogen-bond donors (Lipinski definition) is 3. The van der Waals surface area contributed by atoms with Crippen LogP contribution < -0.4 is 0 Å². The first kappa shape index (κ1) is 38.7. The van der Waals surface area contributed by atoms with Gasteiger partial charge in [-0.25, -0.2) is 0 Å². The van der Waals surface area contributed by atoms with Crippen molar-refractivity contribution in [3.8, 4) is 0 Å². The molecule has 266 valence electrons. The summed E-state index contributed by atoms with van der Waals surface area (Å²) in [5.41, 5.74) is -4.14. The molecule has 0 spiro atoms. The lowest BCUT2D eigenvalue weighted by atomic mass is 9.56. The topological polar surface area (TPSA) is 125 Å². The van der Waals surface area contributed by atoms with Crippen LogP contribution in [0.25, 0.3) is 0 Å². The van der Waals surface area contributed by atoms with Crippen molar-refractivity contribution < 1.29 is 29.7 Å². The van der Waals surface area contributed by atoms with Crippen molar-refractivity contribution in [2.45, 2.75) is 166 Å². The third-order valence-corrected chi connectivity index (χ3v) is 13.4. The number of rotatable bonds is 9. The number of nitrogens with zero attached hydrogens (tertiary/aromatic N) is 4. The van der Waals surface area contributed by atoms with E-state index in [1.54, 1.807) is 0 Å². The Morgan fingerprint density at radius 2 is 0.891 bits per heavy atom. The highest BCUT2D eigenvalue weighted by molar-refractivity contribution is 5.84. The Kier molecular flexibility index (Phi) is 10.1. The molecule has 10 nitrogen and oxygen atoms in total. The maximum atomic E-state index is 14.5. The van der Waals surface area contributed by atoms with E-state index >= 15 is 0 Å². The number of piperidine rings is 3. The van der Waals surface area contributed by atoms with Gasteiger partial charge in [0.05, 0.1) is 6.54 Å². The van der Waals surface area contributed by atoms with Gasteiger partial charge < -0.3 is 15.3 Å². The van der Waals surface area contributed by atoms with Crippen molar-refractivity contribution in [3.63, 3.8) is 0 Å². The van der Waals surface area contributed by atoms with E-state index in [4.69, 9.17) is 0 Å². The van der Waals surface area contributed by atoms with Crippen molar-refractivity contribution >= 4 is 17.9 Å². The van der Waals surface area contributed by atoms with Gasteiger partial charge in [-0.1, -0.05) is 0 Å². The zero-order chi connectivity index (χ0) is 35.8. The molecule has 0 aromatic carbocycles. The lowest BCUT2D eigenvalue weighted by molar-refractivity contribution is -0.196. The monoisotopic (exact) mass is 650 g/mol. The third-order valence-electron chi connectivity index (χ3n) is 13.4.